The number of carbonyl (C=O) groups excluding carboxylic acids is 1. The predicted octanol–water partition coefficient (Wildman–Crippen LogP) is 2.08. The quantitative estimate of drug-likeness (QED) is 0.825. The van der Waals surface area contributed by atoms with Gasteiger partial charge >= 0.3 is 0 Å². The maximum absolute atomic E-state index is 12.9. The SMILES string of the molecule is C[C@H](Sc1[nH+]c(N)c(C#N)cc1C#N)C(=O)Nc1ccc(F)cc1. The predicted molar refractivity (Wildman–Crippen MR) is 87.2 cm³/mol. The zero-order valence-electron chi connectivity index (χ0n) is 12.6. The maximum Gasteiger partial charge on any atom is 0.289 e. The fraction of sp³-hybridized carbons (Fsp3) is 0.125. The number of nitriles is 2. The van der Waals surface area contributed by atoms with Crippen molar-refractivity contribution in [1.29, 1.82) is 10.5 Å². The van der Waals surface area contributed by atoms with Crippen molar-refractivity contribution in [2.75, 3.05) is 11.1 Å². The molecule has 8 heteroatoms. The highest BCUT2D eigenvalue weighted by Crippen LogP contribution is 2.25. The summed E-state index contributed by atoms with van der Waals surface area (Å²) in [5.41, 5.74) is 6.57. The number of pyridine rings is 1. The lowest BCUT2D eigenvalue weighted by Crippen LogP contribution is -2.25. The smallest absolute Gasteiger partial charge is 0.289 e. The maximum atomic E-state index is 12.9. The van der Waals surface area contributed by atoms with Crippen LogP contribution in [0, 0.1) is 28.5 Å². The number of hydrogen-bond donors (Lipinski definition) is 2. The molecule has 1 amide bonds. The first-order valence-electron chi connectivity index (χ1n) is 6.83. The molecule has 120 valence electrons. The molecular formula is C16H13FN5OS+. The first kappa shape index (κ1) is 17.3. The third-order valence-electron chi connectivity index (χ3n) is 3.09. The Hall–Kier alpha value is -3.10. The van der Waals surface area contributed by atoms with Crippen LogP contribution in [0.2, 0.25) is 0 Å². The van der Waals surface area contributed by atoms with E-state index in [2.05, 4.69) is 10.3 Å². The number of carbonyl (C=O) groups is 1. The molecule has 0 fully saturated rings. The second-order valence-electron chi connectivity index (χ2n) is 4.82. The summed E-state index contributed by atoms with van der Waals surface area (Å²) in [5.74, 6) is -0.575. The summed E-state index contributed by atoms with van der Waals surface area (Å²) < 4.78 is 12.9. The lowest BCUT2D eigenvalue weighted by atomic mass is 10.2. The Morgan fingerprint density at radius 3 is 2.50 bits per heavy atom. The Bertz CT molecular complexity index is 854. The number of nitrogens with zero attached hydrogens (tertiary/aromatic N) is 2. The van der Waals surface area contributed by atoms with Gasteiger partial charge in [-0.3, -0.25) is 10.5 Å². The molecule has 2 aromatic rings. The average Bonchev–Trinajstić information content (AvgIpc) is 2.57. The number of aromatic amines is 1. The number of rotatable bonds is 4. The van der Waals surface area contributed by atoms with E-state index in [1.807, 2.05) is 12.1 Å². The largest absolute Gasteiger partial charge is 0.325 e. The average molecular weight is 342 g/mol. The Kier molecular flexibility index (Phi) is 5.35. The van der Waals surface area contributed by atoms with E-state index in [1.54, 1.807) is 6.92 Å². The molecule has 6 nitrogen and oxygen atoms in total. The number of nitrogen functional groups attached to an aromatic ring is 1. The van der Waals surface area contributed by atoms with E-state index in [9.17, 15) is 14.4 Å². The van der Waals surface area contributed by atoms with Crippen LogP contribution in [-0.4, -0.2) is 11.2 Å². The van der Waals surface area contributed by atoms with E-state index in [4.69, 9.17) is 11.0 Å². The summed E-state index contributed by atoms with van der Waals surface area (Å²) in [7, 11) is 0. The molecule has 0 aliphatic carbocycles. The van der Waals surface area contributed by atoms with Crippen molar-refractivity contribution >= 4 is 29.2 Å². The topological polar surface area (TPSA) is 117 Å². The minimum Gasteiger partial charge on any atom is -0.325 e. The van der Waals surface area contributed by atoms with Crippen LogP contribution < -0.4 is 16.0 Å². The fourth-order valence-electron chi connectivity index (χ4n) is 1.82. The lowest BCUT2D eigenvalue weighted by Gasteiger charge is -2.11. The second kappa shape index (κ2) is 7.44. The Morgan fingerprint density at radius 2 is 1.92 bits per heavy atom. The molecule has 0 radical (unpaired) electrons. The van der Waals surface area contributed by atoms with Crippen LogP contribution >= 0.6 is 11.8 Å². The van der Waals surface area contributed by atoms with E-state index in [0.717, 1.165) is 11.8 Å². The van der Waals surface area contributed by atoms with Crippen LogP contribution in [0.4, 0.5) is 15.9 Å². The van der Waals surface area contributed by atoms with Crippen molar-refractivity contribution in [2.45, 2.75) is 17.2 Å². The minimum absolute atomic E-state index is 0.130. The number of benzene rings is 1. The zero-order valence-corrected chi connectivity index (χ0v) is 13.4. The van der Waals surface area contributed by atoms with Gasteiger partial charge in [0.25, 0.3) is 5.82 Å². The van der Waals surface area contributed by atoms with Crippen LogP contribution in [0.25, 0.3) is 0 Å². The van der Waals surface area contributed by atoms with Gasteiger partial charge in [-0.25, -0.2) is 9.37 Å². The first-order valence-corrected chi connectivity index (χ1v) is 7.71. The zero-order chi connectivity index (χ0) is 17.7. The molecule has 1 aromatic carbocycles. The number of nitrogens with one attached hydrogen (secondary N) is 2. The normalized spacial score (nSPS) is 11.2. The molecule has 0 bridgehead atoms. The van der Waals surface area contributed by atoms with Gasteiger partial charge in [-0.05, 0) is 37.3 Å². The molecule has 0 unspecified atom stereocenters. The molecule has 24 heavy (non-hydrogen) atoms. The van der Waals surface area contributed by atoms with E-state index in [-0.39, 0.29) is 22.9 Å². The number of hydrogen-bond acceptors (Lipinski definition) is 5. The van der Waals surface area contributed by atoms with Gasteiger partial charge in [0.2, 0.25) is 5.91 Å². The Labute approximate surface area is 142 Å². The summed E-state index contributed by atoms with van der Waals surface area (Å²) >= 11 is 1.11. The molecule has 0 spiro atoms. The van der Waals surface area contributed by atoms with Crippen molar-refractivity contribution in [3.8, 4) is 12.1 Å². The summed E-state index contributed by atoms with van der Waals surface area (Å²) in [4.78, 5) is 15.0. The highest BCUT2D eigenvalue weighted by molar-refractivity contribution is 8.00. The van der Waals surface area contributed by atoms with Gasteiger partial charge in [-0.2, -0.15) is 10.5 Å². The molecule has 2 rings (SSSR count). The van der Waals surface area contributed by atoms with Gasteiger partial charge in [0.1, 0.15) is 29.1 Å². The Balaban J connectivity index is 2.14. The van der Waals surface area contributed by atoms with Crippen LogP contribution in [0.15, 0.2) is 35.4 Å². The molecule has 0 saturated carbocycles. The number of anilines is 2. The first-order chi connectivity index (χ1) is 11.4. The van der Waals surface area contributed by atoms with Gasteiger partial charge in [-0.15, -0.1) is 0 Å². The van der Waals surface area contributed by atoms with Crippen molar-refractivity contribution < 1.29 is 14.2 Å². The number of aromatic nitrogens is 1. The minimum atomic E-state index is -0.550. The third kappa shape index (κ3) is 4.00. The molecule has 0 aliphatic heterocycles. The van der Waals surface area contributed by atoms with E-state index >= 15 is 0 Å². The molecule has 1 atom stereocenters. The van der Waals surface area contributed by atoms with Gasteiger partial charge in [-0.1, -0.05) is 11.8 Å². The highest BCUT2D eigenvalue weighted by atomic mass is 32.2. The van der Waals surface area contributed by atoms with E-state index < -0.39 is 11.1 Å². The molecule has 1 heterocycles. The van der Waals surface area contributed by atoms with Crippen LogP contribution in [0.3, 0.4) is 0 Å². The number of nitrogens with two attached hydrogens (primary N) is 1. The van der Waals surface area contributed by atoms with E-state index in [1.165, 1.54) is 30.3 Å². The summed E-state index contributed by atoms with van der Waals surface area (Å²) in [5, 5.41) is 20.6. The molecule has 0 aliphatic rings. The molecule has 4 N–H and O–H groups in total. The highest BCUT2D eigenvalue weighted by Gasteiger charge is 2.21. The number of halogens is 1. The lowest BCUT2D eigenvalue weighted by molar-refractivity contribution is -0.410. The molecule has 1 aromatic heterocycles. The van der Waals surface area contributed by atoms with Crippen LogP contribution in [0.1, 0.15) is 18.1 Å². The Morgan fingerprint density at radius 1 is 1.29 bits per heavy atom. The van der Waals surface area contributed by atoms with Crippen molar-refractivity contribution in [3.63, 3.8) is 0 Å². The molecule has 0 saturated heterocycles. The number of amides is 1. The van der Waals surface area contributed by atoms with Gasteiger partial charge in [0.15, 0.2) is 5.03 Å². The monoisotopic (exact) mass is 342 g/mol. The second-order valence-corrected chi connectivity index (χ2v) is 6.17. The van der Waals surface area contributed by atoms with Crippen LogP contribution in [-0.2, 0) is 4.79 Å². The van der Waals surface area contributed by atoms with Gasteiger partial charge < -0.3 is 5.32 Å². The third-order valence-corrected chi connectivity index (χ3v) is 4.21. The van der Waals surface area contributed by atoms with Crippen LogP contribution in [0.5, 0.6) is 0 Å². The summed E-state index contributed by atoms with van der Waals surface area (Å²) in [6.45, 7) is 1.66. The number of H-pyrrole nitrogens is 1. The van der Waals surface area contributed by atoms with Crippen molar-refractivity contribution in [3.05, 3.63) is 47.3 Å². The summed E-state index contributed by atoms with van der Waals surface area (Å²) in [6, 6.07) is 10.6. The molecular weight excluding hydrogens is 329 g/mol. The van der Waals surface area contributed by atoms with Gasteiger partial charge in [0, 0.05) is 5.69 Å². The summed E-state index contributed by atoms with van der Waals surface area (Å²) in [6.07, 6.45) is 0. The number of thioether (sulfide) groups is 1. The van der Waals surface area contributed by atoms with Gasteiger partial charge in [0.05, 0.1) is 5.25 Å². The van der Waals surface area contributed by atoms with E-state index in [0.29, 0.717) is 10.7 Å². The fourth-order valence-corrected chi connectivity index (χ4v) is 2.74. The van der Waals surface area contributed by atoms with Crippen molar-refractivity contribution in [1.82, 2.24) is 0 Å². The standard InChI is InChI=1S/C16H12FN5OS/c1-9(15(23)21-13-4-2-12(17)3-5-13)24-16-11(8-19)6-10(7-18)14(20)22-16/h2-6,9H,1H3,(H2,20,22)(H,21,23)/p+1/t9-/m0/s1. The van der Waals surface area contributed by atoms with Crippen molar-refractivity contribution in [2.24, 2.45) is 0 Å².